The van der Waals surface area contributed by atoms with Crippen LogP contribution in [-0.2, 0) is 11.3 Å². The minimum Gasteiger partial charge on any atom is -0.497 e. The summed E-state index contributed by atoms with van der Waals surface area (Å²) in [6.45, 7) is 6.18. The number of carbonyl (C=O) groups excluding carboxylic acids is 1. The van der Waals surface area contributed by atoms with Crippen molar-refractivity contribution in [3.63, 3.8) is 0 Å². The Balaban J connectivity index is 1.76. The third-order valence-corrected chi connectivity index (χ3v) is 6.39. The maximum absolute atomic E-state index is 12.8. The van der Waals surface area contributed by atoms with E-state index in [1.54, 1.807) is 13.2 Å². The fourth-order valence-corrected chi connectivity index (χ4v) is 4.45. The summed E-state index contributed by atoms with van der Waals surface area (Å²) in [4.78, 5) is 12.8. The zero-order valence-electron chi connectivity index (χ0n) is 17.4. The lowest BCUT2D eigenvalue weighted by atomic mass is 9.83. The molecular weight excluding hydrogens is 398 g/mol. The van der Waals surface area contributed by atoms with Gasteiger partial charge < -0.3 is 10.1 Å². The predicted octanol–water partition coefficient (Wildman–Crippen LogP) is 3.96. The molecule has 30 heavy (non-hydrogen) atoms. The highest BCUT2D eigenvalue weighted by molar-refractivity contribution is 8.00. The van der Waals surface area contributed by atoms with Crippen molar-refractivity contribution < 1.29 is 9.53 Å². The van der Waals surface area contributed by atoms with E-state index in [1.807, 2.05) is 35.8 Å². The SMILES string of the molecule is C=CCn1c(S[C@@H](C)C(=O)NC2(C#N)CCCCC2)nnc1-c1ccc(OC)cc1. The maximum atomic E-state index is 12.8. The van der Waals surface area contributed by atoms with E-state index in [4.69, 9.17) is 4.74 Å². The van der Waals surface area contributed by atoms with Crippen LogP contribution in [-0.4, -0.2) is 38.6 Å². The number of benzene rings is 1. The molecule has 7 nitrogen and oxygen atoms in total. The number of ether oxygens (including phenoxy) is 1. The molecule has 1 N–H and O–H groups in total. The van der Waals surface area contributed by atoms with Crippen LogP contribution in [0.15, 0.2) is 42.1 Å². The number of allylic oxidation sites excluding steroid dienone is 1. The largest absolute Gasteiger partial charge is 0.497 e. The van der Waals surface area contributed by atoms with Gasteiger partial charge in [-0.2, -0.15) is 5.26 Å². The number of thioether (sulfide) groups is 1. The Morgan fingerprint density at radius 1 is 1.37 bits per heavy atom. The molecule has 1 aromatic heterocycles. The molecule has 1 aliphatic rings. The van der Waals surface area contributed by atoms with E-state index in [2.05, 4.69) is 28.2 Å². The number of nitrogens with zero attached hydrogens (tertiary/aromatic N) is 4. The average molecular weight is 426 g/mol. The molecule has 1 heterocycles. The summed E-state index contributed by atoms with van der Waals surface area (Å²) in [5.41, 5.74) is 0.160. The van der Waals surface area contributed by atoms with Gasteiger partial charge in [-0.25, -0.2) is 0 Å². The Morgan fingerprint density at radius 2 is 2.07 bits per heavy atom. The number of hydrogen-bond donors (Lipinski definition) is 1. The highest BCUT2D eigenvalue weighted by Gasteiger charge is 2.35. The lowest BCUT2D eigenvalue weighted by Gasteiger charge is -2.32. The van der Waals surface area contributed by atoms with Crippen molar-refractivity contribution in [2.75, 3.05) is 7.11 Å². The summed E-state index contributed by atoms with van der Waals surface area (Å²) in [6.07, 6.45) is 6.24. The molecule has 1 saturated carbocycles. The molecule has 1 amide bonds. The average Bonchev–Trinajstić information content (AvgIpc) is 3.16. The van der Waals surface area contributed by atoms with Gasteiger partial charge in [0.1, 0.15) is 11.3 Å². The second kappa shape index (κ2) is 9.81. The number of methoxy groups -OCH3 is 1. The monoisotopic (exact) mass is 425 g/mol. The van der Waals surface area contributed by atoms with Crippen LogP contribution in [0.3, 0.4) is 0 Å². The predicted molar refractivity (Wildman–Crippen MR) is 117 cm³/mol. The molecule has 2 aromatic rings. The highest BCUT2D eigenvalue weighted by atomic mass is 32.2. The Bertz CT molecular complexity index is 926. The van der Waals surface area contributed by atoms with Gasteiger partial charge in [-0.05, 0) is 44.0 Å². The first kappa shape index (κ1) is 21.9. The van der Waals surface area contributed by atoms with Gasteiger partial charge >= 0.3 is 0 Å². The van der Waals surface area contributed by atoms with Gasteiger partial charge in [0, 0.05) is 12.1 Å². The number of amides is 1. The molecule has 8 heteroatoms. The van der Waals surface area contributed by atoms with Gasteiger partial charge in [-0.1, -0.05) is 37.1 Å². The number of aromatic nitrogens is 3. The summed E-state index contributed by atoms with van der Waals surface area (Å²) >= 11 is 1.33. The molecule has 1 fully saturated rings. The van der Waals surface area contributed by atoms with Gasteiger partial charge in [-0.15, -0.1) is 16.8 Å². The smallest absolute Gasteiger partial charge is 0.234 e. The van der Waals surface area contributed by atoms with Crippen LogP contribution in [0.5, 0.6) is 5.75 Å². The van der Waals surface area contributed by atoms with Crippen LogP contribution in [0.1, 0.15) is 39.0 Å². The van der Waals surface area contributed by atoms with Crippen LogP contribution in [0.25, 0.3) is 11.4 Å². The molecule has 0 spiro atoms. The zero-order chi connectivity index (χ0) is 21.6. The number of carbonyl (C=O) groups is 1. The van der Waals surface area contributed by atoms with Crippen LogP contribution in [0, 0.1) is 11.3 Å². The summed E-state index contributed by atoms with van der Waals surface area (Å²) in [7, 11) is 1.63. The van der Waals surface area contributed by atoms with E-state index in [0.717, 1.165) is 30.6 Å². The van der Waals surface area contributed by atoms with Gasteiger partial charge in [0.2, 0.25) is 5.91 Å². The van der Waals surface area contributed by atoms with Crippen LogP contribution in [0.2, 0.25) is 0 Å². The van der Waals surface area contributed by atoms with E-state index in [-0.39, 0.29) is 5.91 Å². The third-order valence-electron chi connectivity index (χ3n) is 5.31. The van der Waals surface area contributed by atoms with Crippen LogP contribution >= 0.6 is 11.8 Å². The van der Waals surface area contributed by atoms with E-state index in [9.17, 15) is 10.1 Å². The first-order valence-electron chi connectivity index (χ1n) is 10.1. The summed E-state index contributed by atoms with van der Waals surface area (Å²) in [6, 6.07) is 9.93. The maximum Gasteiger partial charge on any atom is 0.234 e. The molecule has 1 aliphatic carbocycles. The Hall–Kier alpha value is -2.79. The van der Waals surface area contributed by atoms with Gasteiger partial charge in [0.15, 0.2) is 11.0 Å². The van der Waals surface area contributed by atoms with Crippen molar-refractivity contribution in [1.82, 2.24) is 20.1 Å². The third kappa shape index (κ3) is 4.85. The normalized spacial score (nSPS) is 16.3. The summed E-state index contributed by atoms with van der Waals surface area (Å²) in [5, 5.41) is 21.5. The van der Waals surface area contributed by atoms with E-state index in [1.165, 1.54) is 11.8 Å². The molecule has 0 saturated heterocycles. The number of nitrogens with one attached hydrogen (secondary N) is 1. The molecule has 0 radical (unpaired) electrons. The lowest BCUT2D eigenvalue weighted by molar-refractivity contribution is -0.121. The molecule has 0 unspecified atom stereocenters. The summed E-state index contributed by atoms with van der Waals surface area (Å²) in [5.74, 6) is 1.32. The lowest BCUT2D eigenvalue weighted by Crippen LogP contribution is -2.51. The first-order valence-corrected chi connectivity index (χ1v) is 11.0. The van der Waals surface area contributed by atoms with Crippen molar-refractivity contribution in [2.45, 2.75) is 61.5 Å². The van der Waals surface area contributed by atoms with Gasteiger partial charge in [0.05, 0.1) is 18.4 Å². The molecule has 1 atom stereocenters. The fraction of sp³-hybridized carbons (Fsp3) is 0.455. The molecule has 0 bridgehead atoms. The molecule has 3 rings (SSSR count). The Morgan fingerprint density at radius 3 is 2.67 bits per heavy atom. The van der Waals surface area contributed by atoms with Crippen molar-refractivity contribution in [3.8, 4) is 23.2 Å². The molecule has 1 aromatic carbocycles. The molecule has 158 valence electrons. The van der Waals surface area contributed by atoms with Crippen molar-refractivity contribution in [3.05, 3.63) is 36.9 Å². The minimum atomic E-state index is -0.743. The number of nitriles is 1. The number of rotatable bonds is 8. The van der Waals surface area contributed by atoms with Gasteiger partial charge in [-0.3, -0.25) is 9.36 Å². The van der Waals surface area contributed by atoms with Crippen molar-refractivity contribution in [2.24, 2.45) is 0 Å². The van der Waals surface area contributed by atoms with Gasteiger partial charge in [0.25, 0.3) is 0 Å². The highest BCUT2D eigenvalue weighted by Crippen LogP contribution is 2.30. The summed E-state index contributed by atoms with van der Waals surface area (Å²) < 4.78 is 7.15. The van der Waals surface area contributed by atoms with E-state index in [0.29, 0.717) is 30.4 Å². The Kier molecular flexibility index (Phi) is 7.16. The minimum absolute atomic E-state index is 0.150. The van der Waals surface area contributed by atoms with Crippen LogP contribution < -0.4 is 10.1 Å². The quantitative estimate of drug-likeness (QED) is 0.508. The molecular formula is C22H27N5O2S. The second-order valence-corrected chi connectivity index (χ2v) is 8.75. The molecule has 0 aliphatic heterocycles. The second-order valence-electron chi connectivity index (χ2n) is 7.44. The van der Waals surface area contributed by atoms with E-state index >= 15 is 0 Å². The first-order chi connectivity index (χ1) is 14.5. The van der Waals surface area contributed by atoms with Crippen molar-refractivity contribution in [1.29, 1.82) is 5.26 Å². The fourth-order valence-electron chi connectivity index (χ4n) is 3.59. The van der Waals surface area contributed by atoms with Crippen LogP contribution in [0.4, 0.5) is 0 Å². The standard InChI is InChI=1S/C22H27N5O2S/c1-4-14-27-19(17-8-10-18(29-3)11-9-17)25-26-21(27)30-16(2)20(28)24-22(15-23)12-6-5-7-13-22/h4,8-11,16H,1,5-7,12-14H2,2-3H3,(H,24,28)/t16-/m0/s1. The van der Waals surface area contributed by atoms with Crippen molar-refractivity contribution >= 4 is 17.7 Å². The topological polar surface area (TPSA) is 92.8 Å². The zero-order valence-corrected chi connectivity index (χ0v) is 18.2. The number of hydrogen-bond acceptors (Lipinski definition) is 6. The van der Waals surface area contributed by atoms with E-state index < -0.39 is 10.8 Å². The Labute approximate surface area is 181 Å².